The monoisotopic (exact) mass is 368 g/mol. The van der Waals surface area contributed by atoms with Crippen LogP contribution in [0.3, 0.4) is 0 Å². The number of para-hydroxylation sites is 2. The molecular formula is C20H22N3O2S+. The fourth-order valence-electron chi connectivity index (χ4n) is 3.75. The Morgan fingerprint density at radius 1 is 1.00 bits per heavy atom. The maximum absolute atomic E-state index is 13.2. The van der Waals surface area contributed by atoms with E-state index in [1.165, 1.54) is 4.90 Å². The first-order valence-electron chi connectivity index (χ1n) is 8.95. The summed E-state index contributed by atoms with van der Waals surface area (Å²) in [5, 5.41) is 0. The lowest BCUT2D eigenvalue weighted by Gasteiger charge is -2.33. The molecule has 2 aliphatic heterocycles. The highest BCUT2D eigenvalue weighted by Crippen LogP contribution is 2.47. The van der Waals surface area contributed by atoms with E-state index in [1.54, 1.807) is 11.8 Å². The van der Waals surface area contributed by atoms with E-state index in [9.17, 15) is 9.59 Å². The predicted molar refractivity (Wildman–Crippen MR) is 102 cm³/mol. The smallest absolute Gasteiger partial charge is 0.286 e. The molecule has 0 aliphatic carbocycles. The zero-order valence-corrected chi connectivity index (χ0v) is 15.3. The molecule has 3 N–H and O–H groups in total. The van der Waals surface area contributed by atoms with Crippen molar-refractivity contribution in [1.82, 2.24) is 0 Å². The molecule has 1 saturated heterocycles. The van der Waals surface area contributed by atoms with Crippen LogP contribution in [-0.2, 0) is 9.59 Å². The second-order valence-corrected chi connectivity index (χ2v) is 7.95. The number of nitrogens with one attached hydrogen (secondary N) is 1. The lowest BCUT2D eigenvalue weighted by Crippen LogP contribution is -3.14. The highest BCUT2D eigenvalue weighted by molar-refractivity contribution is 7.99. The maximum Gasteiger partial charge on any atom is 0.286 e. The summed E-state index contributed by atoms with van der Waals surface area (Å²) in [6.45, 7) is 2.05. The first-order valence-corrected chi connectivity index (χ1v) is 9.77. The summed E-state index contributed by atoms with van der Waals surface area (Å²) in [6, 6.07) is 16.1. The Hall–Kier alpha value is -2.31. The predicted octanol–water partition coefficient (Wildman–Crippen LogP) is 1.60. The Balaban J connectivity index is 1.56. The van der Waals surface area contributed by atoms with Gasteiger partial charge in [-0.2, -0.15) is 0 Å². The number of nitrogens with zero attached hydrogens (tertiary/aromatic N) is 1. The molecule has 0 spiro atoms. The summed E-state index contributed by atoms with van der Waals surface area (Å²) < 4.78 is 0. The SMILES string of the molecule is NC(=O)C1CC[NH+](CC(=O)N2c3ccccc3Sc3ccccc32)CC1. The number of hydrogen-bond acceptors (Lipinski definition) is 3. The number of carbonyl (C=O) groups is 2. The van der Waals surface area contributed by atoms with Gasteiger partial charge >= 0.3 is 0 Å². The van der Waals surface area contributed by atoms with Crippen molar-refractivity contribution in [3.63, 3.8) is 0 Å². The van der Waals surface area contributed by atoms with Crippen LogP contribution < -0.4 is 15.5 Å². The number of anilines is 2. The van der Waals surface area contributed by atoms with Gasteiger partial charge in [0.05, 0.1) is 24.5 Å². The minimum absolute atomic E-state index is 0.0401. The first-order chi connectivity index (χ1) is 12.6. The van der Waals surface area contributed by atoms with E-state index >= 15 is 0 Å². The molecule has 2 heterocycles. The van der Waals surface area contributed by atoms with Crippen LogP contribution in [0.2, 0.25) is 0 Å². The number of primary amides is 1. The van der Waals surface area contributed by atoms with Gasteiger partial charge in [0.1, 0.15) is 0 Å². The number of rotatable bonds is 3. The van der Waals surface area contributed by atoms with E-state index in [-0.39, 0.29) is 17.7 Å². The van der Waals surface area contributed by atoms with Crippen LogP contribution in [0, 0.1) is 5.92 Å². The molecule has 0 radical (unpaired) electrons. The average molecular weight is 368 g/mol. The van der Waals surface area contributed by atoms with E-state index in [0.717, 1.165) is 47.1 Å². The Bertz CT molecular complexity index is 801. The molecule has 2 amide bonds. The minimum atomic E-state index is -0.216. The third-order valence-electron chi connectivity index (χ3n) is 5.18. The van der Waals surface area contributed by atoms with Gasteiger partial charge in [-0.1, -0.05) is 36.0 Å². The van der Waals surface area contributed by atoms with Crippen molar-refractivity contribution in [3.05, 3.63) is 48.5 Å². The van der Waals surface area contributed by atoms with Gasteiger partial charge in [0, 0.05) is 28.6 Å². The molecule has 0 saturated carbocycles. The Morgan fingerprint density at radius 2 is 1.54 bits per heavy atom. The average Bonchev–Trinajstić information content (AvgIpc) is 2.66. The van der Waals surface area contributed by atoms with Crippen LogP contribution in [0.5, 0.6) is 0 Å². The molecule has 2 aliphatic rings. The van der Waals surface area contributed by atoms with Crippen molar-refractivity contribution < 1.29 is 14.5 Å². The zero-order chi connectivity index (χ0) is 18.1. The highest BCUT2D eigenvalue weighted by atomic mass is 32.2. The Kier molecular flexibility index (Phi) is 4.70. The molecule has 1 fully saturated rings. The lowest BCUT2D eigenvalue weighted by molar-refractivity contribution is -0.897. The molecule has 2 aromatic carbocycles. The van der Waals surface area contributed by atoms with Gasteiger partial charge in [0.15, 0.2) is 6.54 Å². The third-order valence-corrected chi connectivity index (χ3v) is 6.31. The standard InChI is InChI=1S/C20H21N3O2S/c21-20(25)14-9-11-22(12-10-14)13-19(24)23-15-5-1-3-7-17(15)26-18-8-4-2-6-16(18)23/h1-8,14H,9-13H2,(H2,21,25)/p+1. The fraction of sp³-hybridized carbons (Fsp3) is 0.300. The highest BCUT2D eigenvalue weighted by Gasteiger charge is 2.32. The van der Waals surface area contributed by atoms with Crippen LogP contribution in [-0.4, -0.2) is 31.4 Å². The number of hydrogen-bond donors (Lipinski definition) is 2. The molecule has 0 atom stereocenters. The maximum atomic E-state index is 13.2. The summed E-state index contributed by atoms with van der Waals surface area (Å²) in [5.74, 6) is -0.161. The Labute approximate surface area is 157 Å². The molecule has 0 aromatic heterocycles. The summed E-state index contributed by atoms with van der Waals surface area (Å²) in [4.78, 5) is 29.8. The van der Waals surface area contributed by atoms with Gasteiger partial charge in [-0.25, -0.2) is 0 Å². The third kappa shape index (κ3) is 3.22. The van der Waals surface area contributed by atoms with Gasteiger partial charge in [-0.15, -0.1) is 0 Å². The topological polar surface area (TPSA) is 67.8 Å². The van der Waals surface area contributed by atoms with Crippen molar-refractivity contribution in [2.75, 3.05) is 24.5 Å². The molecule has 2 aromatic rings. The quantitative estimate of drug-likeness (QED) is 0.865. The molecule has 6 heteroatoms. The molecule has 5 nitrogen and oxygen atoms in total. The Morgan fingerprint density at radius 3 is 2.08 bits per heavy atom. The van der Waals surface area contributed by atoms with E-state index in [2.05, 4.69) is 12.1 Å². The molecule has 0 unspecified atom stereocenters. The second kappa shape index (κ2) is 7.13. The van der Waals surface area contributed by atoms with E-state index in [0.29, 0.717) is 6.54 Å². The molecular weight excluding hydrogens is 346 g/mol. The van der Waals surface area contributed by atoms with Gasteiger partial charge in [0.25, 0.3) is 5.91 Å². The molecule has 0 bridgehead atoms. The summed E-state index contributed by atoms with van der Waals surface area (Å²) in [7, 11) is 0. The number of likely N-dealkylation sites (tertiary alicyclic amines) is 1. The normalized spacial score (nSPS) is 21.6. The van der Waals surface area contributed by atoms with Crippen molar-refractivity contribution in [3.8, 4) is 0 Å². The number of carbonyl (C=O) groups excluding carboxylic acids is 2. The molecule has 134 valence electrons. The zero-order valence-electron chi connectivity index (χ0n) is 14.5. The number of amides is 2. The van der Waals surface area contributed by atoms with Gasteiger partial charge < -0.3 is 10.6 Å². The van der Waals surface area contributed by atoms with Crippen LogP contribution >= 0.6 is 11.8 Å². The van der Waals surface area contributed by atoms with Gasteiger partial charge in [-0.05, 0) is 24.3 Å². The van der Waals surface area contributed by atoms with Crippen molar-refractivity contribution in [2.45, 2.75) is 22.6 Å². The number of benzene rings is 2. The van der Waals surface area contributed by atoms with Crippen LogP contribution in [0.4, 0.5) is 11.4 Å². The van der Waals surface area contributed by atoms with Gasteiger partial charge in [0.2, 0.25) is 5.91 Å². The van der Waals surface area contributed by atoms with Crippen molar-refractivity contribution >= 4 is 35.0 Å². The van der Waals surface area contributed by atoms with E-state index in [1.807, 2.05) is 41.3 Å². The summed E-state index contributed by atoms with van der Waals surface area (Å²) in [5.41, 5.74) is 7.31. The molecule has 26 heavy (non-hydrogen) atoms. The molecule has 4 rings (SSSR count). The van der Waals surface area contributed by atoms with Crippen molar-refractivity contribution in [2.24, 2.45) is 11.7 Å². The number of quaternary nitrogens is 1. The van der Waals surface area contributed by atoms with Crippen LogP contribution in [0.1, 0.15) is 12.8 Å². The second-order valence-electron chi connectivity index (χ2n) is 6.87. The van der Waals surface area contributed by atoms with E-state index in [4.69, 9.17) is 5.73 Å². The number of piperidine rings is 1. The van der Waals surface area contributed by atoms with Crippen molar-refractivity contribution in [1.29, 1.82) is 0 Å². The number of nitrogens with two attached hydrogens (primary N) is 1. The summed E-state index contributed by atoms with van der Waals surface area (Å²) >= 11 is 1.70. The lowest BCUT2D eigenvalue weighted by atomic mass is 9.96. The van der Waals surface area contributed by atoms with Crippen LogP contribution in [0.15, 0.2) is 58.3 Å². The van der Waals surface area contributed by atoms with Crippen LogP contribution in [0.25, 0.3) is 0 Å². The largest absolute Gasteiger partial charge is 0.369 e. The first kappa shape index (κ1) is 17.1. The minimum Gasteiger partial charge on any atom is -0.369 e. The fourth-order valence-corrected chi connectivity index (χ4v) is 4.81. The number of fused-ring (bicyclic) bond motifs is 2. The summed E-state index contributed by atoms with van der Waals surface area (Å²) in [6.07, 6.45) is 1.53. The van der Waals surface area contributed by atoms with Gasteiger partial charge in [-0.3, -0.25) is 14.5 Å². The van der Waals surface area contributed by atoms with E-state index < -0.39 is 0 Å².